The van der Waals surface area contributed by atoms with E-state index in [9.17, 15) is 4.79 Å². The number of nitrogens with one attached hydrogen (secondary N) is 2. The third kappa shape index (κ3) is 3.02. The largest absolute Gasteiger partial charge is 0.383 e. The first-order valence-corrected chi connectivity index (χ1v) is 8.84. The second-order valence-corrected chi connectivity index (χ2v) is 6.82. The van der Waals surface area contributed by atoms with Crippen LogP contribution in [-0.4, -0.2) is 49.7 Å². The van der Waals surface area contributed by atoms with Gasteiger partial charge in [-0.25, -0.2) is 0 Å². The van der Waals surface area contributed by atoms with Crippen LogP contribution < -0.4 is 10.6 Å². The maximum atomic E-state index is 12.9. The minimum atomic E-state index is 0.155. The lowest BCUT2D eigenvalue weighted by atomic mass is 9.88. The van der Waals surface area contributed by atoms with E-state index in [0.29, 0.717) is 12.0 Å². The van der Waals surface area contributed by atoms with Gasteiger partial charge in [0.2, 0.25) is 0 Å². The van der Waals surface area contributed by atoms with Gasteiger partial charge in [-0.05, 0) is 43.9 Å². The van der Waals surface area contributed by atoms with E-state index >= 15 is 0 Å². The molecule has 0 saturated carbocycles. The summed E-state index contributed by atoms with van der Waals surface area (Å²) in [5.41, 5.74) is 2.93. The van der Waals surface area contributed by atoms with Crippen LogP contribution in [0.15, 0.2) is 18.2 Å². The Morgan fingerprint density at radius 3 is 2.91 bits per heavy atom. The van der Waals surface area contributed by atoms with Gasteiger partial charge in [-0.1, -0.05) is 0 Å². The maximum Gasteiger partial charge on any atom is 0.253 e. The Bertz CT molecular complexity index is 590. The van der Waals surface area contributed by atoms with Gasteiger partial charge in [0, 0.05) is 44.3 Å². The lowest BCUT2D eigenvalue weighted by Crippen LogP contribution is -2.48. The summed E-state index contributed by atoms with van der Waals surface area (Å²) in [6.45, 7) is 4.46. The average molecular weight is 315 g/mol. The summed E-state index contributed by atoms with van der Waals surface area (Å²) in [6.07, 6.45) is 4.74. The van der Waals surface area contributed by atoms with Gasteiger partial charge in [-0.2, -0.15) is 0 Å². The first-order chi connectivity index (χ1) is 11.3. The molecule has 0 spiro atoms. The third-order valence-electron chi connectivity index (χ3n) is 5.25. The van der Waals surface area contributed by atoms with Crippen molar-refractivity contribution in [3.63, 3.8) is 0 Å². The lowest BCUT2D eigenvalue weighted by Gasteiger charge is -2.41. The molecule has 0 radical (unpaired) electrons. The Morgan fingerprint density at radius 2 is 2.00 bits per heavy atom. The summed E-state index contributed by atoms with van der Waals surface area (Å²) in [5, 5.41) is 6.82. The van der Waals surface area contributed by atoms with E-state index in [2.05, 4.69) is 10.6 Å². The van der Waals surface area contributed by atoms with Crippen LogP contribution in [0.25, 0.3) is 0 Å². The summed E-state index contributed by atoms with van der Waals surface area (Å²) in [4.78, 5) is 14.9. The van der Waals surface area contributed by atoms with Crippen molar-refractivity contribution in [2.45, 2.75) is 31.8 Å². The van der Waals surface area contributed by atoms with Gasteiger partial charge in [-0.15, -0.1) is 0 Å². The van der Waals surface area contributed by atoms with Crippen molar-refractivity contribution in [1.82, 2.24) is 4.90 Å². The number of hydrogen-bond acceptors (Lipinski definition) is 4. The first kappa shape index (κ1) is 14.8. The molecule has 2 saturated heterocycles. The number of benzene rings is 1. The smallest absolute Gasteiger partial charge is 0.253 e. The van der Waals surface area contributed by atoms with Crippen molar-refractivity contribution in [2.75, 3.05) is 43.4 Å². The second-order valence-electron chi connectivity index (χ2n) is 6.82. The molecule has 2 unspecified atom stereocenters. The number of anilines is 2. The predicted octanol–water partition coefficient (Wildman–Crippen LogP) is 2.56. The Morgan fingerprint density at radius 1 is 1.13 bits per heavy atom. The van der Waals surface area contributed by atoms with Gasteiger partial charge in [0.05, 0.1) is 17.5 Å². The molecule has 0 aliphatic carbocycles. The molecule has 1 aromatic rings. The Kier molecular flexibility index (Phi) is 4.12. The second kappa shape index (κ2) is 6.40. The van der Waals surface area contributed by atoms with Gasteiger partial charge >= 0.3 is 0 Å². The van der Waals surface area contributed by atoms with E-state index < -0.39 is 0 Å². The van der Waals surface area contributed by atoms with Gasteiger partial charge in [0.15, 0.2) is 0 Å². The highest BCUT2D eigenvalue weighted by Crippen LogP contribution is 2.30. The molecule has 2 N–H and O–H groups in total. The SMILES string of the molecule is O=C(c1ccc2c(c1)NCCCN2)N1CCC2OCCCC2C1. The highest BCUT2D eigenvalue weighted by molar-refractivity contribution is 5.96. The fourth-order valence-corrected chi connectivity index (χ4v) is 3.97. The van der Waals surface area contributed by atoms with Gasteiger partial charge in [0.25, 0.3) is 5.91 Å². The van der Waals surface area contributed by atoms with Crippen molar-refractivity contribution in [1.29, 1.82) is 0 Å². The van der Waals surface area contributed by atoms with Crippen LogP contribution >= 0.6 is 0 Å². The number of carbonyl (C=O) groups excluding carboxylic acids is 1. The van der Waals surface area contributed by atoms with E-state index in [1.54, 1.807) is 0 Å². The van der Waals surface area contributed by atoms with Crippen LogP contribution in [0.2, 0.25) is 0 Å². The van der Waals surface area contributed by atoms with Crippen LogP contribution in [0.1, 0.15) is 36.0 Å². The molecule has 3 heterocycles. The summed E-state index contributed by atoms with van der Waals surface area (Å²) < 4.78 is 5.85. The number of amides is 1. The standard InChI is InChI=1S/C18H25N3O2/c22-18(21-9-6-17-14(12-21)3-1-10-23-17)13-4-5-15-16(11-13)20-8-2-7-19-15/h4-5,11,14,17,19-20H,1-3,6-10,12H2. The molecule has 2 fully saturated rings. The van der Waals surface area contributed by atoms with Crippen LogP contribution in [0, 0.1) is 5.92 Å². The summed E-state index contributed by atoms with van der Waals surface area (Å²) in [7, 11) is 0. The van der Waals surface area contributed by atoms with Crippen molar-refractivity contribution < 1.29 is 9.53 Å². The van der Waals surface area contributed by atoms with E-state index in [1.807, 2.05) is 23.1 Å². The van der Waals surface area contributed by atoms with Crippen LogP contribution in [-0.2, 0) is 4.74 Å². The first-order valence-electron chi connectivity index (χ1n) is 8.84. The predicted molar refractivity (Wildman–Crippen MR) is 91.0 cm³/mol. The Balaban J connectivity index is 1.49. The number of fused-ring (bicyclic) bond motifs is 2. The molecular formula is C18H25N3O2. The number of nitrogens with zero attached hydrogens (tertiary/aromatic N) is 1. The van der Waals surface area contributed by atoms with Gasteiger partial charge in [0.1, 0.15) is 0 Å². The van der Waals surface area contributed by atoms with E-state index in [0.717, 1.165) is 69.0 Å². The lowest BCUT2D eigenvalue weighted by molar-refractivity contribution is -0.0606. The third-order valence-corrected chi connectivity index (χ3v) is 5.25. The quantitative estimate of drug-likeness (QED) is 0.836. The summed E-state index contributed by atoms with van der Waals surface area (Å²) in [6, 6.07) is 5.97. The molecule has 2 atom stereocenters. The number of ether oxygens (including phenoxy) is 1. The maximum absolute atomic E-state index is 12.9. The van der Waals surface area contributed by atoms with E-state index in [1.165, 1.54) is 6.42 Å². The molecule has 5 nitrogen and oxygen atoms in total. The highest BCUT2D eigenvalue weighted by atomic mass is 16.5. The Labute approximate surface area is 137 Å². The zero-order valence-electron chi connectivity index (χ0n) is 13.5. The normalized spacial score (nSPS) is 27.0. The van der Waals surface area contributed by atoms with Crippen LogP contribution in [0.3, 0.4) is 0 Å². The monoisotopic (exact) mass is 315 g/mol. The molecule has 5 heteroatoms. The molecule has 23 heavy (non-hydrogen) atoms. The molecule has 4 rings (SSSR count). The number of hydrogen-bond donors (Lipinski definition) is 2. The molecule has 1 aromatic carbocycles. The van der Waals surface area contributed by atoms with Crippen molar-refractivity contribution in [3.05, 3.63) is 23.8 Å². The van der Waals surface area contributed by atoms with Crippen LogP contribution in [0.4, 0.5) is 11.4 Å². The molecule has 3 aliphatic rings. The minimum Gasteiger partial charge on any atom is -0.383 e. The topological polar surface area (TPSA) is 53.6 Å². The number of likely N-dealkylation sites (tertiary alicyclic amines) is 1. The molecule has 0 bridgehead atoms. The fourth-order valence-electron chi connectivity index (χ4n) is 3.97. The number of carbonyl (C=O) groups is 1. The van der Waals surface area contributed by atoms with E-state index in [-0.39, 0.29) is 5.91 Å². The number of piperidine rings is 1. The summed E-state index contributed by atoms with van der Waals surface area (Å²) in [5.74, 6) is 0.671. The highest BCUT2D eigenvalue weighted by Gasteiger charge is 2.34. The molecule has 124 valence electrons. The van der Waals surface area contributed by atoms with Crippen LogP contribution in [0.5, 0.6) is 0 Å². The van der Waals surface area contributed by atoms with E-state index in [4.69, 9.17) is 4.74 Å². The molecular weight excluding hydrogens is 290 g/mol. The van der Waals surface area contributed by atoms with Crippen molar-refractivity contribution >= 4 is 17.3 Å². The van der Waals surface area contributed by atoms with Gasteiger partial charge < -0.3 is 20.3 Å². The van der Waals surface area contributed by atoms with Crippen molar-refractivity contribution in [2.24, 2.45) is 5.92 Å². The Hall–Kier alpha value is -1.75. The van der Waals surface area contributed by atoms with Gasteiger partial charge in [-0.3, -0.25) is 4.79 Å². The average Bonchev–Trinajstić information content (AvgIpc) is 2.85. The zero-order chi connectivity index (χ0) is 15.6. The number of rotatable bonds is 1. The molecule has 0 aromatic heterocycles. The van der Waals surface area contributed by atoms with Crippen molar-refractivity contribution in [3.8, 4) is 0 Å². The zero-order valence-corrected chi connectivity index (χ0v) is 13.5. The summed E-state index contributed by atoms with van der Waals surface area (Å²) >= 11 is 0. The molecule has 1 amide bonds. The fraction of sp³-hybridized carbons (Fsp3) is 0.611. The molecule has 3 aliphatic heterocycles. The minimum absolute atomic E-state index is 0.155.